The van der Waals surface area contributed by atoms with E-state index in [0.29, 0.717) is 10.6 Å². The van der Waals surface area contributed by atoms with Crippen LogP contribution < -0.4 is 5.32 Å². The van der Waals surface area contributed by atoms with Crippen LogP contribution in [0.4, 0.5) is 5.69 Å². The molecule has 0 atom stereocenters. The number of fused-ring (bicyclic) bond motifs is 1. The number of benzene rings is 2. The summed E-state index contributed by atoms with van der Waals surface area (Å²) in [7, 11) is 0. The monoisotopic (exact) mass is 325 g/mol. The quantitative estimate of drug-likeness (QED) is 0.705. The summed E-state index contributed by atoms with van der Waals surface area (Å²) in [6.07, 6.45) is 4.32. The molecule has 2 aromatic carbocycles. The largest absolute Gasteiger partial charge is 0.384 e. The van der Waals surface area contributed by atoms with E-state index in [2.05, 4.69) is 18.3 Å². The van der Waals surface area contributed by atoms with Gasteiger partial charge in [-0.25, -0.2) is 0 Å². The van der Waals surface area contributed by atoms with Gasteiger partial charge in [0.05, 0.1) is 10.7 Å². The lowest BCUT2D eigenvalue weighted by Gasteiger charge is -2.23. The topological polar surface area (TPSA) is 29.1 Å². The van der Waals surface area contributed by atoms with Crippen molar-refractivity contribution in [2.75, 3.05) is 11.9 Å². The average Bonchev–Trinajstić information content (AvgIpc) is 2.52. The molecule has 1 aliphatic heterocycles. The van der Waals surface area contributed by atoms with Gasteiger partial charge >= 0.3 is 0 Å². The van der Waals surface area contributed by atoms with Crippen LogP contribution in [0.15, 0.2) is 42.5 Å². The predicted molar refractivity (Wildman–Crippen MR) is 98.3 cm³/mol. The lowest BCUT2D eigenvalue weighted by Crippen LogP contribution is -2.10. The Hall–Kier alpha value is -2.06. The Bertz CT molecular complexity index is 778. The zero-order valence-corrected chi connectivity index (χ0v) is 14.2. The summed E-state index contributed by atoms with van der Waals surface area (Å²) < 4.78 is 0. The molecule has 1 aliphatic rings. The molecule has 0 bridgehead atoms. The minimum Gasteiger partial charge on any atom is -0.384 e. The van der Waals surface area contributed by atoms with Gasteiger partial charge in [-0.2, -0.15) is 0 Å². The summed E-state index contributed by atoms with van der Waals surface area (Å²) in [5, 5.41) is 4.15. The summed E-state index contributed by atoms with van der Waals surface area (Å²) in [4.78, 5) is 12.2. The van der Waals surface area contributed by atoms with Crippen molar-refractivity contribution in [3.63, 3.8) is 0 Å². The van der Waals surface area contributed by atoms with Crippen molar-refractivity contribution >= 4 is 28.6 Å². The Balaban J connectivity index is 2.38. The Kier molecular flexibility index (Phi) is 4.53. The lowest BCUT2D eigenvalue weighted by atomic mass is 9.89. The van der Waals surface area contributed by atoms with Crippen LogP contribution in [0.5, 0.6) is 0 Å². The average molecular weight is 326 g/mol. The van der Waals surface area contributed by atoms with Crippen molar-refractivity contribution in [1.29, 1.82) is 0 Å². The fraction of sp³-hybridized carbons (Fsp3) is 0.250. The smallest absolute Gasteiger partial charge is 0.160 e. The molecule has 3 rings (SSSR count). The van der Waals surface area contributed by atoms with Gasteiger partial charge < -0.3 is 5.32 Å². The zero-order chi connectivity index (χ0) is 16.4. The number of nitrogens with one attached hydrogen (secondary N) is 1. The first-order chi connectivity index (χ1) is 11.1. The van der Waals surface area contributed by atoms with Crippen LogP contribution in [0.3, 0.4) is 0 Å². The summed E-state index contributed by atoms with van der Waals surface area (Å²) >= 11 is 6.54. The standard InChI is InChI=1S/C20H20ClNO/c1-13-8-6-7-11-22-20-18(13)17(21)12-16(14(2)23)19(20)15-9-4-3-5-10-15/h3-5,8-10,12,22H,6-7,11H2,1-2H3/b13-8+. The van der Waals surface area contributed by atoms with E-state index in [-0.39, 0.29) is 5.78 Å². The summed E-state index contributed by atoms with van der Waals surface area (Å²) in [5.41, 5.74) is 5.79. The highest BCUT2D eigenvalue weighted by Gasteiger charge is 2.22. The highest BCUT2D eigenvalue weighted by Crippen LogP contribution is 2.42. The normalized spacial score (nSPS) is 16.4. The van der Waals surface area contributed by atoms with E-state index >= 15 is 0 Å². The molecule has 1 heterocycles. The second-order valence-electron chi connectivity index (χ2n) is 5.91. The minimum atomic E-state index is 0.0269. The molecule has 0 amide bonds. The van der Waals surface area contributed by atoms with Crippen LogP contribution in [0.2, 0.25) is 5.02 Å². The maximum Gasteiger partial charge on any atom is 0.160 e. The summed E-state index contributed by atoms with van der Waals surface area (Å²) in [6, 6.07) is 11.9. The number of Topliss-reactive ketones (excluding diaryl/α,β-unsaturated/α-hetero) is 1. The number of hydrogen-bond donors (Lipinski definition) is 1. The van der Waals surface area contributed by atoms with E-state index in [1.54, 1.807) is 6.92 Å². The molecule has 0 unspecified atom stereocenters. The molecular formula is C20H20ClNO. The third-order valence-corrected chi connectivity index (χ3v) is 4.55. The van der Waals surface area contributed by atoms with Crippen molar-refractivity contribution in [2.45, 2.75) is 26.7 Å². The van der Waals surface area contributed by atoms with Crippen LogP contribution in [0.1, 0.15) is 42.6 Å². The maximum atomic E-state index is 12.2. The Morgan fingerprint density at radius 1 is 1.17 bits per heavy atom. The molecule has 0 saturated carbocycles. The molecule has 0 aromatic heterocycles. The van der Waals surface area contributed by atoms with Gasteiger partial charge in [-0.15, -0.1) is 0 Å². The molecule has 0 aliphatic carbocycles. The Morgan fingerprint density at radius 2 is 1.91 bits per heavy atom. The van der Waals surface area contributed by atoms with E-state index in [4.69, 9.17) is 11.6 Å². The first-order valence-corrected chi connectivity index (χ1v) is 8.31. The molecule has 1 N–H and O–H groups in total. The number of carbonyl (C=O) groups is 1. The number of rotatable bonds is 2. The van der Waals surface area contributed by atoms with E-state index in [1.807, 2.05) is 36.4 Å². The van der Waals surface area contributed by atoms with Gasteiger partial charge in [-0.05, 0) is 43.9 Å². The van der Waals surface area contributed by atoms with Gasteiger partial charge in [-0.3, -0.25) is 4.79 Å². The Labute approximate surface area is 142 Å². The molecule has 118 valence electrons. The number of anilines is 1. The van der Waals surface area contributed by atoms with Crippen LogP contribution in [0.25, 0.3) is 16.7 Å². The number of allylic oxidation sites excluding steroid dienone is 2. The van der Waals surface area contributed by atoms with Crippen LogP contribution >= 0.6 is 11.6 Å². The zero-order valence-electron chi connectivity index (χ0n) is 13.4. The van der Waals surface area contributed by atoms with Gasteiger partial charge in [0.25, 0.3) is 0 Å². The van der Waals surface area contributed by atoms with Crippen LogP contribution in [-0.4, -0.2) is 12.3 Å². The second-order valence-corrected chi connectivity index (χ2v) is 6.32. The summed E-state index contributed by atoms with van der Waals surface area (Å²) in [5.74, 6) is 0.0269. The number of ketones is 1. The SMILES string of the molecule is CC(=O)c1cc(Cl)c2c(c1-c1ccccc1)NCCC/C=C/2C. The van der Waals surface area contributed by atoms with E-state index < -0.39 is 0 Å². The van der Waals surface area contributed by atoms with Gasteiger partial charge in [0, 0.05) is 23.2 Å². The first kappa shape index (κ1) is 15.8. The second kappa shape index (κ2) is 6.59. The molecule has 23 heavy (non-hydrogen) atoms. The van der Waals surface area contributed by atoms with E-state index in [9.17, 15) is 4.79 Å². The van der Waals surface area contributed by atoms with Crippen LogP contribution in [0, 0.1) is 0 Å². The van der Waals surface area contributed by atoms with Crippen molar-refractivity contribution in [3.05, 3.63) is 58.6 Å². The third-order valence-electron chi connectivity index (χ3n) is 4.25. The highest BCUT2D eigenvalue weighted by molar-refractivity contribution is 6.34. The van der Waals surface area contributed by atoms with Crippen molar-refractivity contribution in [1.82, 2.24) is 0 Å². The number of carbonyl (C=O) groups excluding carboxylic acids is 1. The highest BCUT2D eigenvalue weighted by atomic mass is 35.5. The third kappa shape index (κ3) is 3.04. The van der Waals surface area contributed by atoms with Gasteiger partial charge in [0.2, 0.25) is 0 Å². The van der Waals surface area contributed by atoms with Crippen molar-refractivity contribution < 1.29 is 4.79 Å². The molecule has 0 fully saturated rings. The molecule has 2 aromatic rings. The molecular weight excluding hydrogens is 306 g/mol. The fourth-order valence-corrected chi connectivity index (χ4v) is 3.48. The van der Waals surface area contributed by atoms with Gasteiger partial charge in [-0.1, -0.05) is 48.0 Å². The van der Waals surface area contributed by atoms with Crippen molar-refractivity contribution in [2.24, 2.45) is 0 Å². The molecule has 0 spiro atoms. The van der Waals surface area contributed by atoms with Gasteiger partial charge in [0.1, 0.15) is 0 Å². The predicted octanol–water partition coefficient (Wildman–Crippen LogP) is 5.82. The fourth-order valence-electron chi connectivity index (χ4n) is 3.13. The number of hydrogen-bond acceptors (Lipinski definition) is 2. The molecule has 2 nitrogen and oxygen atoms in total. The molecule has 3 heteroatoms. The summed E-state index contributed by atoms with van der Waals surface area (Å²) in [6.45, 7) is 4.55. The van der Waals surface area contributed by atoms with E-state index in [0.717, 1.165) is 47.3 Å². The van der Waals surface area contributed by atoms with Crippen molar-refractivity contribution in [3.8, 4) is 11.1 Å². The first-order valence-electron chi connectivity index (χ1n) is 7.93. The van der Waals surface area contributed by atoms with E-state index in [1.165, 1.54) is 0 Å². The number of halogens is 1. The molecule has 0 saturated heterocycles. The van der Waals surface area contributed by atoms with Crippen LogP contribution in [-0.2, 0) is 0 Å². The molecule has 0 radical (unpaired) electrons. The van der Waals surface area contributed by atoms with Gasteiger partial charge in [0.15, 0.2) is 5.78 Å². The maximum absolute atomic E-state index is 12.2. The minimum absolute atomic E-state index is 0.0269. The Morgan fingerprint density at radius 3 is 2.61 bits per heavy atom. The lowest BCUT2D eigenvalue weighted by molar-refractivity contribution is 0.101.